The lowest BCUT2D eigenvalue weighted by Gasteiger charge is -2.09. The first kappa shape index (κ1) is 14.3. The molecule has 0 saturated carbocycles. The molecule has 104 valence electrons. The molecule has 0 amide bonds. The molecule has 1 heterocycles. The van der Waals surface area contributed by atoms with Gasteiger partial charge in [0, 0.05) is 5.56 Å². The van der Waals surface area contributed by atoms with E-state index in [4.69, 9.17) is 20.8 Å². The van der Waals surface area contributed by atoms with Crippen LogP contribution >= 0.6 is 11.6 Å². The second-order valence-corrected chi connectivity index (χ2v) is 4.88. The van der Waals surface area contributed by atoms with E-state index >= 15 is 0 Å². The van der Waals surface area contributed by atoms with Gasteiger partial charge in [-0.3, -0.25) is 4.79 Å². The van der Waals surface area contributed by atoms with E-state index in [9.17, 15) is 9.59 Å². The van der Waals surface area contributed by atoms with Crippen molar-refractivity contribution in [2.24, 2.45) is 0 Å². The third-order valence-electron chi connectivity index (χ3n) is 2.55. The topological polar surface area (TPSA) is 56.5 Å². The fourth-order valence-electron chi connectivity index (χ4n) is 1.68. The second-order valence-electron chi connectivity index (χ2n) is 4.47. The molecule has 0 N–H and O–H groups in total. The fourth-order valence-corrected chi connectivity index (χ4v) is 1.89. The molecule has 5 heteroatoms. The highest BCUT2D eigenvalue weighted by Crippen LogP contribution is 2.30. The molecular formula is C15H13ClO4. The highest BCUT2D eigenvalue weighted by atomic mass is 35.5. The summed E-state index contributed by atoms with van der Waals surface area (Å²) in [5, 5.41) is 0.429. The normalized spacial score (nSPS) is 10.6. The molecule has 0 fully saturated rings. The lowest BCUT2D eigenvalue weighted by Crippen LogP contribution is -2.11. The van der Waals surface area contributed by atoms with Crippen LogP contribution in [0, 0.1) is 0 Å². The number of hydrogen-bond acceptors (Lipinski definition) is 4. The van der Waals surface area contributed by atoms with Gasteiger partial charge >= 0.3 is 5.97 Å². The Kier molecular flexibility index (Phi) is 4.25. The molecule has 4 nitrogen and oxygen atoms in total. The van der Waals surface area contributed by atoms with Crippen LogP contribution in [-0.4, -0.2) is 18.4 Å². The highest BCUT2D eigenvalue weighted by molar-refractivity contribution is 6.33. The summed E-state index contributed by atoms with van der Waals surface area (Å²) < 4.78 is 10.4. The Morgan fingerprint density at radius 1 is 1.30 bits per heavy atom. The number of esters is 1. The SMILES string of the molecule is CC(C)OC(=O)c1ccc(Cl)c(-c2ccc(C=O)o2)c1. The highest BCUT2D eigenvalue weighted by Gasteiger charge is 2.14. The van der Waals surface area contributed by atoms with Crippen LogP contribution in [0.1, 0.15) is 34.8 Å². The van der Waals surface area contributed by atoms with E-state index in [0.717, 1.165) is 0 Å². The van der Waals surface area contributed by atoms with Crippen LogP contribution < -0.4 is 0 Å². The van der Waals surface area contributed by atoms with Gasteiger partial charge in [-0.15, -0.1) is 0 Å². The van der Waals surface area contributed by atoms with Crippen molar-refractivity contribution in [3.63, 3.8) is 0 Å². The number of rotatable bonds is 4. The number of halogens is 1. The molecule has 2 rings (SSSR count). The molecule has 0 aliphatic rings. The number of furan rings is 1. The summed E-state index contributed by atoms with van der Waals surface area (Å²) in [6, 6.07) is 7.93. The third-order valence-corrected chi connectivity index (χ3v) is 2.88. The average Bonchev–Trinajstić information content (AvgIpc) is 2.87. The lowest BCUT2D eigenvalue weighted by atomic mass is 10.1. The number of aldehydes is 1. The third kappa shape index (κ3) is 3.08. The monoisotopic (exact) mass is 292 g/mol. The van der Waals surface area contributed by atoms with E-state index in [1.165, 1.54) is 6.07 Å². The molecule has 0 bridgehead atoms. The average molecular weight is 293 g/mol. The number of benzene rings is 1. The van der Waals surface area contributed by atoms with E-state index < -0.39 is 5.97 Å². The first-order valence-electron chi connectivity index (χ1n) is 6.07. The minimum atomic E-state index is -0.430. The van der Waals surface area contributed by atoms with Crippen LogP contribution in [0.5, 0.6) is 0 Å². The van der Waals surface area contributed by atoms with Gasteiger partial charge in [0.25, 0.3) is 0 Å². The maximum atomic E-state index is 11.9. The van der Waals surface area contributed by atoms with E-state index in [-0.39, 0.29) is 11.9 Å². The Balaban J connectivity index is 2.38. The van der Waals surface area contributed by atoms with Crippen LogP contribution in [0.2, 0.25) is 5.02 Å². The Hall–Kier alpha value is -2.07. The first-order chi connectivity index (χ1) is 9.51. The molecule has 2 aromatic rings. The van der Waals surface area contributed by atoms with E-state index in [2.05, 4.69) is 0 Å². The molecule has 0 aliphatic carbocycles. The lowest BCUT2D eigenvalue weighted by molar-refractivity contribution is 0.0378. The summed E-state index contributed by atoms with van der Waals surface area (Å²) in [5.74, 6) is 0.197. The zero-order chi connectivity index (χ0) is 14.7. The van der Waals surface area contributed by atoms with Gasteiger partial charge in [0.15, 0.2) is 12.0 Å². The predicted molar refractivity (Wildman–Crippen MR) is 75.1 cm³/mol. The zero-order valence-electron chi connectivity index (χ0n) is 11.1. The van der Waals surface area contributed by atoms with Crippen LogP contribution in [0.4, 0.5) is 0 Å². The predicted octanol–water partition coefficient (Wildman–Crippen LogP) is 3.98. The van der Waals surface area contributed by atoms with E-state index in [1.54, 1.807) is 38.1 Å². The van der Waals surface area contributed by atoms with Gasteiger partial charge in [0.2, 0.25) is 0 Å². The molecule has 0 aliphatic heterocycles. The smallest absolute Gasteiger partial charge is 0.338 e. The molecule has 0 atom stereocenters. The Morgan fingerprint density at radius 2 is 2.05 bits per heavy atom. The van der Waals surface area contributed by atoms with Crippen molar-refractivity contribution >= 4 is 23.9 Å². The zero-order valence-corrected chi connectivity index (χ0v) is 11.8. The van der Waals surface area contributed by atoms with Crippen LogP contribution in [0.25, 0.3) is 11.3 Å². The Morgan fingerprint density at radius 3 is 2.65 bits per heavy atom. The molecule has 0 unspecified atom stereocenters. The molecule has 0 spiro atoms. The molecule has 1 aromatic heterocycles. The Labute approximate surface area is 121 Å². The second kappa shape index (κ2) is 5.92. The standard InChI is InChI=1S/C15H13ClO4/c1-9(2)19-15(18)10-3-5-13(16)12(7-10)14-6-4-11(8-17)20-14/h3-9H,1-2H3. The fraction of sp³-hybridized carbons (Fsp3) is 0.200. The van der Waals surface area contributed by atoms with Gasteiger partial charge < -0.3 is 9.15 Å². The summed E-state index contributed by atoms with van der Waals surface area (Å²) in [6.45, 7) is 3.55. The minimum absolute atomic E-state index is 0.200. The van der Waals surface area contributed by atoms with Gasteiger partial charge in [0.1, 0.15) is 5.76 Å². The number of hydrogen-bond donors (Lipinski definition) is 0. The van der Waals surface area contributed by atoms with Crippen molar-refractivity contribution in [1.29, 1.82) is 0 Å². The van der Waals surface area contributed by atoms with Crippen LogP contribution in [-0.2, 0) is 4.74 Å². The molecule has 0 saturated heterocycles. The molecule has 0 radical (unpaired) electrons. The van der Waals surface area contributed by atoms with Crippen LogP contribution in [0.3, 0.4) is 0 Å². The number of carbonyl (C=O) groups excluding carboxylic acids is 2. The quantitative estimate of drug-likeness (QED) is 0.632. The largest absolute Gasteiger partial charge is 0.459 e. The molecule has 1 aromatic carbocycles. The molecule has 20 heavy (non-hydrogen) atoms. The minimum Gasteiger partial charge on any atom is -0.459 e. The van der Waals surface area contributed by atoms with Crippen LogP contribution in [0.15, 0.2) is 34.7 Å². The van der Waals surface area contributed by atoms with Gasteiger partial charge in [-0.1, -0.05) is 11.6 Å². The summed E-state index contributed by atoms with van der Waals surface area (Å²) in [7, 11) is 0. The van der Waals surface area contributed by atoms with Crippen molar-refractivity contribution < 1.29 is 18.7 Å². The van der Waals surface area contributed by atoms with Crippen molar-refractivity contribution in [2.45, 2.75) is 20.0 Å². The van der Waals surface area contributed by atoms with Crippen molar-refractivity contribution in [2.75, 3.05) is 0 Å². The van der Waals surface area contributed by atoms with Crippen molar-refractivity contribution in [3.05, 3.63) is 46.7 Å². The Bertz CT molecular complexity index is 643. The number of ether oxygens (including phenoxy) is 1. The van der Waals surface area contributed by atoms with E-state index in [0.29, 0.717) is 28.2 Å². The van der Waals surface area contributed by atoms with Crippen molar-refractivity contribution in [3.8, 4) is 11.3 Å². The first-order valence-corrected chi connectivity index (χ1v) is 6.45. The number of carbonyl (C=O) groups is 2. The van der Waals surface area contributed by atoms with E-state index in [1.807, 2.05) is 0 Å². The van der Waals surface area contributed by atoms with Gasteiger partial charge in [-0.2, -0.15) is 0 Å². The maximum absolute atomic E-state index is 11.9. The summed E-state index contributed by atoms with van der Waals surface area (Å²) in [6.07, 6.45) is 0.404. The summed E-state index contributed by atoms with van der Waals surface area (Å²) in [4.78, 5) is 22.5. The van der Waals surface area contributed by atoms with Gasteiger partial charge in [-0.05, 0) is 44.2 Å². The summed E-state index contributed by atoms with van der Waals surface area (Å²) in [5.41, 5.74) is 0.917. The molecular weight excluding hydrogens is 280 g/mol. The maximum Gasteiger partial charge on any atom is 0.338 e. The summed E-state index contributed by atoms with van der Waals surface area (Å²) >= 11 is 6.09. The van der Waals surface area contributed by atoms with Gasteiger partial charge in [0.05, 0.1) is 16.7 Å². The van der Waals surface area contributed by atoms with Gasteiger partial charge in [-0.25, -0.2) is 4.79 Å². The van der Waals surface area contributed by atoms with Crippen molar-refractivity contribution in [1.82, 2.24) is 0 Å².